The molecule has 0 fully saturated rings. The lowest BCUT2D eigenvalue weighted by molar-refractivity contribution is 0.0755. The summed E-state index contributed by atoms with van der Waals surface area (Å²) in [6.45, 7) is 9.58. The van der Waals surface area contributed by atoms with Gasteiger partial charge >= 0.3 is 6.03 Å². The van der Waals surface area contributed by atoms with Crippen LogP contribution in [0.5, 0.6) is 0 Å². The molecule has 0 saturated carbocycles. The Balaban J connectivity index is 2.68. The molecule has 0 aromatic heterocycles. The first-order valence-corrected chi connectivity index (χ1v) is 7.67. The summed E-state index contributed by atoms with van der Waals surface area (Å²) in [5.74, 6) is 0.0337. The minimum absolute atomic E-state index is 0.0337. The Hall–Kier alpha value is -2.30. The van der Waals surface area contributed by atoms with Gasteiger partial charge in [-0.05, 0) is 37.1 Å². The summed E-state index contributed by atoms with van der Waals surface area (Å²) in [5.41, 5.74) is 1.29. The molecule has 0 aliphatic heterocycles. The SMILES string of the molecule is C=CCNC(=O)Nc1ccc(C(=O)N(CCC)CCC)cc1. The molecule has 0 aliphatic rings. The van der Waals surface area contributed by atoms with Gasteiger partial charge in [-0.25, -0.2) is 4.79 Å². The Morgan fingerprint density at radius 3 is 2.23 bits per heavy atom. The van der Waals surface area contributed by atoms with E-state index in [4.69, 9.17) is 0 Å². The van der Waals surface area contributed by atoms with Crippen molar-refractivity contribution in [1.82, 2.24) is 10.2 Å². The number of carbonyl (C=O) groups is 2. The van der Waals surface area contributed by atoms with E-state index in [1.807, 2.05) is 4.90 Å². The molecular weight excluding hydrogens is 278 g/mol. The summed E-state index contributed by atoms with van der Waals surface area (Å²) >= 11 is 0. The zero-order valence-corrected chi connectivity index (χ0v) is 13.4. The Bertz CT molecular complexity index is 491. The lowest BCUT2D eigenvalue weighted by Gasteiger charge is -2.21. The number of carbonyl (C=O) groups excluding carboxylic acids is 2. The summed E-state index contributed by atoms with van der Waals surface area (Å²) in [6, 6.07) is 6.65. The lowest BCUT2D eigenvalue weighted by Crippen LogP contribution is -2.32. The van der Waals surface area contributed by atoms with Crippen LogP contribution in [-0.4, -0.2) is 36.5 Å². The molecule has 0 heterocycles. The third-order valence-corrected chi connectivity index (χ3v) is 3.07. The first-order chi connectivity index (χ1) is 10.6. The highest BCUT2D eigenvalue weighted by atomic mass is 16.2. The van der Waals surface area contributed by atoms with E-state index in [1.165, 1.54) is 0 Å². The molecule has 3 amide bonds. The maximum Gasteiger partial charge on any atom is 0.319 e. The number of nitrogens with zero attached hydrogens (tertiary/aromatic N) is 1. The van der Waals surface area contributed by atoms with Gasteiger partial charge in [0.1, 0.15) is 0 Å². The van der Waals surface area contributed by atoms with Gasteiger partial charge in [0.15, 0.2) is 0 Å². The van der Waals surface area contributed by atoms with Crippen LogP contribution in [-0.2, 0) is 0 Å². The molecule has 0 bridgehead atoms. The van der Waals surface area contributed by atoms with Gasteiger partial charge in [0, 0.05) is 30.9 Å². The van der Waals surface area contributed by atoms with Crippen LogP contribution in [0.15, 0.2) is 36.9 Å². The molecule has 0 aliphatic carbocycles. The van der Waals surface area contributed by atoms with Crippen molar-refractivity contribution in [3.8, 4) is 0 Å². The van der Waals surface area contributed by atoms with Crippen molar-refractivity contribution in [2.45, 2.75) is 26.7 Å². The molecule has 0 spiro atoms. The topological polar surface area (TPSA) is 61.4 Å². The smallest absolute Gasteiger partial charge is 0.319 e. The highest BCUT2D eigenvalue weighted by molar-refractivity contribution is 5.95. The van der Waals surface area contributed by atoms with Gasteiger partial charge in [-0.1, -0.05) is 19.9 Å². The van der Waals surface area contributed by atoms with Gasteiger partial charge in [-0.2, -0.15) is 0 Å². The number of hydrogen-bond donors (Lipinski definition) is 2. The van der Waals surface area contributed by atoms with Crippen molar-refractivity contribution in [1.29, 1.82) is 0 Å². The van der Waals surface area contributed by atoms with Gasteiger partial charge in [-0.3, -0.25) is 4.79 Å². The van der Waals surface area contributed by atoms with Crippen molar-refractivity contribution in [2.75, 3.05) is 25.0 Å². The average molecular weight is 303 g/mol. The van der Waals surface area contributed by atoms with Crippen molar-refractivity contribution < 1.29 is 9.59 Å². The second kappa shape index (κ2) is 9.60. The van der Waals surface area contributed by atoms with Crippen LogP contribution in [0.1, 0.15) is 37.0 Å². The molecule has 5 heteroatoms. The molecule has 5 nitrogen and oxygen atoms in total. The lowest BCUT2D eigenvalue weighted by atomic mass is 10.1. The van der Waals surface area contributed by atoms with Crippen LogP contribution in [0.2, 0.25) is 0 Å². The third-order valence-electron chi connectivity index (χ3n) is 3.07. The molecule has 0 radical (unpaired) electrons. The minimum atomic E-state index is -0.294. The molecule has 1 rings (SSSR count). The third kappa shape index (κ3) is 5.60. The van der Waals surface area contributed by atoms with Gasteiger partial charge in [-0.15, -0.1) is 6.58 Å². The van der Waals surface area contributed by atoms with Crippen molar-refractivity contribution in [2.24, 2.45) is 0 Å². The zero-order valence-electron chi connectivity index (χ0n) is 13.4. The van der Waals surface area contributed by atoms with Crippen LogP contribution >= 0.6 is 0 Å². The number of urea groups is 1. The van der Waals surface area contributed by atoms with Crippen molar-refractivity contribution in [3.05, 3.63) is 42.5 Å². The quantitative estimate of drug-likeness (QED) is 0.724. The monoisotopic (exact) mass is 303 g/mol. The minimum Gasteiger partial charge on any atom is -0.339 e. The standard InChI is InChI=1S/C17H25N3O2/c1-4-11-18-17(22)19-15-9-7-14(8-10-15)16(21)20(12-5-2)13-6-3/h4,7-10H,1,5-6,11-13H2,2-3H3,(H2,18,19,22). The van der Waals surface area contributed by atoms with E-state index in [0.29, 0.717) is 17.8 Å². The molecule has 0 saturated heterocycles. The molecule has 1 aromatic rings. The summed E-state index contributed by atoms with van der Waals surface area (Å²) in [4.78, 5) is 25.8. The van der Waals surface area contributed by atoms with Crippen molar-refractivity contribution in [3.63, 3.8) is 0 Å². The number of amides is 3. The zero-order chi connectivity index (χ0) is 16.4. The molecule has 120 valence electrons. The maximum absolute atomic E-state index is 12.4. The van der Waals surface area contributed by atoms with Gasteiger partial charge in [0.05, 0.1) is 0 Å². The highest BCUT2D eigenvalue weighted by Crippen LogP contribution is 2.12. The van der Waals surface area contributed by atoms with Crippen molar-refractivity contribution >= 4 is 17.6 Å². The Morgan fingerprint density at radius 2 is 1.73 bits per heavy atom. The first kappa shape index (κ1) is 17.8. The summed E-state index contributed by atoms with van der Waals surface area (Å²) in [6.07, 6.45) is 3.49. The van der Waals surface area contributed by atoms with E-state index in [0.717, 1.165) is 25.9 Å². The summed E-state index contributed by atoms with van der Waals surface area (Å²) < 4.78 is 0. The largest absolute Gasteiger partial charge is 0.339 e. The van der Waals surface area contributed by atoms with Gasteiger partial charge in [0.2, 0.25) is 0 Å². The van der Waals surface area contributed by atoms with E-state index >= 15 is 0 Å². The average Bonchev–Trinajstić information content (AvgIpc) is 2.53. The fourth-order valence-corrected chi connectivity index (χ4v) is 2.07. The van der Waals surface area contributed by atoms with E-state index in [-0.39, 0.29) is 11.9 Å². The van der Waals surface area contributed by atoms with Crippen LogP contribution in [0.4, 0.5) is 10.5 Å². The molecule has 0 unspecified atom stereocenters. The van der Waals surface area contributed by atoms with Crippen LogP contribution in [0.3, 0.4) is 0 Å². The second-order valence-electron chi connectivity index (χ2n) is 4.99. The highest BCUT2D eigenvalue weighted by Gasteiger charge is 2.14. The molecule has 22 heavy (non-hydrogen) atoms. The van der Waals surface area contributed by atoms with E-state index in [9.17, 15) is 9.59 Å². The van der Waals surface area contributed by atoms with Crippen LogP contribution in [0, 0.1) is 0 Å². The fourth-order valence-electron chi connectivity index (χ4n) is 2.07. The normalized spacial score (nSPS) is 9.91. The predicted molar refractivity (Wildman–Crippen MR) is 90.1 cm³/mol. The predicted octanol–water partition coefficient (Wildman–Crippen LogP) is 3.26. The number of hydrogen-bond acceptors (Lipinski definition) is 2. The number of nitrogens with one attached hydrogen (secondary N) is 2. The molecule has 0 atom stereocenters. The Labute approximate surface area is 132 Å². The van der Waals surface area contributed by atoms with E-state index in [1.54, 1.807) is 30.3 Å². The Kier molecular flexibility index (Phi) is 7.75. The maximum atomic E-state index is 12.4. The Morgan fingerprint density at radius 1 is 1.14 bits per heavy atom. The molecule has 1 aromatic carbocycles. The number of benzene rings is 1. The van der Waals surface area contributed by atoms with Gasteiger partial charge in [0.25, 0.3) is 5.91 Å². The summed E-state index contributed by atoms with van der Waals surface area (Å²) in [7, 11) is 0. The molecule has 2 N–H and O–H groups in total. The summed E-state index contributed by atoms with van der Waals surface area (Å²) in [5, 5.41) is 5.33. The van der Waals surface area contributed by atoms with Crippen LogP contribution in [0.25, 0.3) is 0 Å². The number of anilines is 1. The molecular formula is C17H25N3O2. The van der Waals surface area contributed by atoms with E-state index in [2.05, 4.69) is 31.1 Å². The van der Waals surface area contributed by atoms with Crippen LogP contribution < -0.4 is 10.6 Å². The first-order valence-electron chi connectivity index (χ1n) is 7.67. The van der Waals surface area contributed by atoms with E-state index < -0.39 is 0 Å². The second-order valence-corrected chi connectivity index (χ2v) is 4.99. The number of rotatable bonds is 8. The van der Waals surface area contributed by atoms with Gasteiger partial charge < -0.3 is 15.5 Å². The fraction of sp³-hybridized carbons (Fsp3) is 0.412.